The lowest BCUT2D eigenvalue weighted by Gasteiger charge is -2.23. The van der Waals surface area contributed by atoms with E-state index in [0.717, 1.165) is 0 Å². The Morgan fingerprint density at radius 3 is 2.60 bits per heavy atom. The van der Waals surface area contributed by atoms with Crippen LogP contribution in [-0.4, -0.2) is 13.7 Å². The Bertz CT molecular complexity index is 336. The number of benzene rings is 1. The third-order valence-corrected chi connectivity index (χ3v) is 2.50. The maximum absolute atomic E-state index is 13.6. The molecule has 0 saturated heterocycles. The van der Waals surface area contributed by atoms with Gasteiger partial charge < -0.3 is 10.5 Å². The van der Waals surface area contributed by atoms with Gasteiger partial charge in [0.1, 0.15) is 11.6 Å². The molecule has 0 saturated carbocycles. The molecule has 3 heteroatoms. The molecule has 2 N–H and O–H groups in total. The lowest BCUT2D eigenvalue weighted by Crippen LogP contribution is -2.26. The molecule has 15 heavy (non-hydrogen) atoms. The molecule has 1 aromatic carbocycles. The van der Waals surface area contributed by atoms with Gasteiger partial charge in [-0.2, -0.15) is 0 Å². The topological polar surface area (TPSA) is 35.2 Å². The van der Waals surface area contributed by atoms with Crippen LogP contribution in [0.25, 0.3) is 0 Å². The first-order valence-electron chi connectivity index (χ1n) is 5.01. The Morgan fingerprint density at radius 2 is 2.07 bits per heavy atom. The minimum Gasteiger partial charge on any atom is -0.496 e. The number of nitrogens with two attached hydrogens (primary N) is 1. The highest BCUT2D eigenvalue weighted by Gasteiger charge is 2.21. The summed E-state index contributed by atoms with van der Waals surface area (Å²) >= 11 is 0. The summed E-state index contributed by atoms with van der Waals surface area (Å²) in [6.07, 6.45) is 0.583. The van der Waals surface area contributed by atoms with Crippen LogP contribution >= 0.6 is 0 Å². The van der Waals surface area contributed by atoms with Gasteiger partial charge in [-0.3, -0.25) is 0 Å². The molecule has 0 amide bonds. The number of ether oxygens (including phenoxy) is 1. The minimum absolute atomic E-state index is 0.116. The van der Waals surface area contributed by atoms with E-state index < -0.39 is 0 Å². The molecule has 0 radical (unpaired) electrons. The fourth-order valence-corrected chi connectivity index (χ4v) is 1.45. The molecule has 1 aromatic rings. The maximum atomic E-state index is 13.6. The summed E-state index contributed by atoms with van der Waals surface area (Å²) < 4.78 is 18.7. The van der Waals surface area contributed by atoms with Crippen molar-refractivity contribution in [2.75, 3.05) is 13.7 Å². The summed E-state index contributed by atoms with van der Waals surface area (Å²) in [5.74, 6) is 0.368. The smallest absolute Gasteiger partial charge is 0.130 e. The highest BCUT2D eigenvalue weighted by molar-refractivity contribution is 5.35. The fraction of sp³-hybridized carbons (Fsp3) is 0.500. The molecule has 0 aliphatic carbocycles. The van der Waals surface area contributed by atoms with Gasteiger partial charge >= 0.3 is 0 Å². The molecule has 0 atom stereocenters. The molecule has 0 bridgehead atoms. The summed E-state index contributed by atoms with van der Waals surface area (Å²) in [5, 5.41) is 0. The van der Waals surface area contributed by atoms with E-state index in [1.54, 1.807) is 19.2 Å². The van der Waals surface area contributed by atoms with E-state index in [2.05, 4.69) is 0 Å². The highest BCUT2D eigenvalue weighted by Crippen LogP contribution is 2.28. The van der Waals surface area contributed by atoms with E-state index >= 15 is 0 Å². The normalized spacial score (nSPS) is 11.5. The second kappa shape index (κ2) is 4.62. The van der Waals surface area contributed by atoms with Crippen LogP contribution < -0.4 is 10.5 Å². The van der Waals surface area contributed by atoms with Crippen LogP contribution in [0.3, 0.4) is 0 Å². The van der Waals surface area contributed by atoms with Gasteiger partial charge in [-0.05, 0) is 30.5 Å². The van der Waals surface area contributed by atoms with Crippen LogP contribution in [0, 0.1) is 11.2 Å². The second-order valence-electron chi connectivity index (χ2n) is 4.47. The lowest BCUT2D eigenvalue weighted by atomic mass is 9.85. The second-order valence-corrected chi connectivity index (χ2v) is 4.47. The summed E-state index contributed by atoms with van der Waals surface area (Å²) in [6, 6.07) is 4.86. The van der Waals surface area contributed by atoms with Crippen LogP contribution in [0.15, 0.2) is 18.2 Å². The maximum Gasteiger partial charge on any atom is 0.130 e. The largest absolute Gasteiger partial charge is 0.496 e. The first kappa shape index (κ1) is 12.0. The van der Waals surface area contributed by atoms with Crippen LogP contribution in [-0.2, 0) is 6.42 Å². The molecule has 1 rings (SSSR count). The van der Waals surface area contributed by atoms with Gasteiger partial charge in [-0.15, -0.1) is 0 Å². The minimum atomic E-state index is -0.226. The highest BCUT2D eigenvalue weighted by atomic mass is 19.1. The SMILES string of the molecule is COc1cccc(F)c1CC(C)(C)CN. The van der Waals surface area contributed by atoms with E-state index in [9.17, 15) is 4.39 Å². The molecule has 0 fully saturated rings. The Kier molecular flexibility index (Phi) is 3.69. The van der Waals surface area contributed by atoms with Crippen molar-refractivity contribution >= 4 is 0 Å². The average Bonchev–Trinajstić information content (AvgIpc) is 2.21. The van der Waals surface area contributed by atoms with E-state index in [0.29, 0.717) is 24.3 Å². The van der Waals surface area contributed by atoms with Crippen molar-refractivity contribution in [2.45, 2.75) is 20.3 Å². The van der Waals surface area contributed by atoms with E-state index in [1.807, 2.05) is 13.8 Å². The van der Waals surface area contributed by atoms with Gasteiger partial charge in [0.25, 0.3) is 0 Å². The quantitative estimate of drug-likeness (QED) is 0.829. The van der Waals surface area contributed by atoms with E-state index in [1.165, 1.54) is 6.07 Å². The first-order chi connectivity index (χ1) is 7.00. The predicted molar refractivity (Wildman–Crippen MR) is 59.5 cm³/mol. The van der Waals surface area contributed by atoms with E-state index in [-0.39, 0.29) is 11.2 Å². The Labute approximate surface area is 90.2 Å². The van der Waals surface area contributed by atoms with Crippen LogP contribution in [0.5, 0.6) is 5.75 Å². The van der Waals surface area contributed by atoms with Gasteiger partial charge in [0.15, 0.2) is 0 Å². The van der Waals surface area contributed by atoms with Crippen molar-refractivity contribution in [3.8, 4) is 5.75 Å². The van der Waals surface area contributed by atoms with Crippen LogP contribution in [0.4, 0.5) is 4.39 Å². The van der Waals surface area contributed by atoms with Crippen molar-refractivity contribution in [3.63, 3.8) is 0 Å². The summed E-state index contributed by atoms with van der Waals surface area (Å²) in [4.78, 5) is 0. The molecular formula is C12H18FNO. The third-order valence-electron chi connectivity index (χ3n) is 2.50. The van der Waals surface area contributed by atoms with Crippen molar-refractivity contribution in [1.29, 1.82) is 0 Å². The number of halogens is 1. The molecule has 0 heterocycles. The summed E-state index contributed by atoms with van der Waals surface area (Å²) in [7, 11) is 1.55. The lowest BCUT2D eigenvalue weighted by molar-refractivity contribution is 0.350. The van der Waals surface area contributed by atoms with Gasteiger partial charge in [0.05, 0.1) is 7.11 Å². The zero-order valence-electron chi connectivity index (χ0n) is 9.51. The Balaban J connectivity index is 3.02. The summed E-state index contributed by atoms with van der Waals surface area (Å²) in [5.41, 5.74) is 6.12. The molecule has 0 aliphatic heterocycles. The first-order valence-corrected chi connectivity index (χ1v) is 5.01. The zero-order chi connectivity index (χ0) is 11.5. The van der Waals surface area contributed by atoms with Gasteiger partial charge in [0, 0.05) is 5.56 Å². The fourth-order valence-electron chi connectivity index (χ4n) is 1.45. The molecule has 0 aromatic heterocycles. The van der Waals surface area contributed by atoms with Crippen LogP contribution in [0.1, 0.15) is 19.4 Å². The predicted octanol–water partition coefficient (Wildman–Crippen LogP) is 2.36. The van der Waals surface area contributed by atoms with Crippen LogP contribution in [0.2, 0.25) is 0 Å². The number of rotatable bonds is 4. The molecule has 0 aliphatic rings. The van der Waals surface area contributed by atoms with Crippen molar-refractivity contribution in [1.82, 2.24) is 0 Å². The molecule has 0 unspecified atom stereocenters. The molecule has 2 nitrogen and oxygen atoms in total. The number of hydrogen-bond donors (Lipinski definition) is 1. The van der Waals surface area contributed by atoms with Gasteiger partial charge in [0.2, 0.25) is 0 Å². The number of hydrogen-bond acceptors (Lipinski definition) is 2. The monoisotopic (exact) mass is 211 g/mol. The van der Waals surface area contributed by atoms with Gasteiger partial charge in [-0.1, -0.05) is 19.9 Å². The van der Waals surface area contributed by atoms with E-state index in [4.69, 9.17) is 10.5 Å². The molecule has 84 valence electrons. The van der Waals surface area contributed by atoms with Gasteiger partial charge in [-0.25, -0.2) is 4.39 Å². The summed E-state index contributed by atoms with van der Waals surface area (Å²) in [6.45, 7) is 4.54. The Hall–Kier alpha value is -1.09. The van der Waals surface area contributed by atoms with Crippen molar-refractivity contribution < 1.29 is 9.13 Å². The van der Waals surface area contributed by atoms with Crippen molar-refractivity contribution in [3.05, 3.63) is 29.6 Å². The molecular weight excluding hydrogens is 193 g/mol. The van der Waals surface area contributed by atoms with Crippen molar-refractivity contribution in [2.24, 2.45) is 11.1 Å². The number of methoxy groups -OCH3 is 1. The Morgan fingerprint density at radius 1 is 1.40 bits per heavy atom. The average molecular weight is 211 g/mol. The third kappa shape index (κ3) is 2.93. The standard InChI is InChI=1S/C12H18FNO/c1-12(2,8-14)7-9-10(13)5-4-6-11(9)15-3/h4-6H,7-8,14H2,1-3H3. The zero-order valence-corrected chi connectivity index (χ0v) is 9.51. The molecule has 0 spiro atoms.